The van der Waals surface area contributed by atoms with Gasteiger partial charge in [0.1, 0.15) is 24.2 Å². The first-order chi connectivity index (χ1) is 17.9. The van der Waals surface area contributed by atoms with Crippen LogP contribution in [0.25, 0.3) is 12.2 Å². The fourth-order valence-electron chi connectivity index (χ4n) is 4.30. The van der Waals surface area contributed by atoms with E-state index in [4.69, 9.17) is 9.47 Å². The molecule has 37 heavy (non-hydrogen) atoms. The summed E-state index contributed by atoms with van der Waals surface area (Å²) >= 11 is 3.51. The molecule has 0 aliphatic carbocycles. The van der Waals surface area contributed by atoms with Crippen LogP contribution in [0.2, 0.25) is 0 Å². The first-order valence-electron chi connectivity index (χ1n) is 12.1. The molecule has 0 radical (unpaired) electrons. The van der Waals surface area contributed by atoms with Crippen molar-refractivity contribution in [3.05, 3.63) is 92.4 Å². The van der Waals surface area contributed by atoms with E-state index < -0.39 is 11.0 Å². The van der Waals surface area contributed by atoms with E-state index in [1.807, 2.05) is 48.5 Å². The van der Waals surface area contributed by atoms with Crippen molar-refractivity contribution in [1.29, 1.82) is 0 Å². The van der Waals surface area contributed by atoms with Gasteiger partial charge >= 0.3 is 0 Å². The van der Waals surface area contributed by atoms with Gasteiger partial charge in [-0.2, -0.15) is 0 Å². The number of nitrogens with zero attached hydrogens (tertiary/aromatic N) is 3. The Balaban J connectivity index is 1.35. The predicted molar refractivity (Wildman–Crippen MR) is 149 cm³/mol. The van der Waals surface area contributed by atoms with Crippen molar-refractivity contribution in [3.8, 4) is 11.5 Å². The van der Waals surface area contributed by atoms with E-state index in [1.165, 1.54) is 12.1 Å². The molecule has 1 aliphatic heterocycles. The number of nitro benzene ring substituents is 1. The number of anilines is 1. The lowest BCUT2D eigenvalue weighted by Crippen LogP contribution is -2.49. The molecule has 0 spiro atoms. The number of aliphatic hydroxyl groups excluding tert-OH is 1. The third kappa shape index (κ3) is 7.09. The van der Waals surface area contributed by atoms with Gasteiger partial charge in [0.2, 0.25) is 0 Å². The largest absolute Gasteiger partial charge is 0.495 e. The van der Waals surface area contributed by atoms with Crippen LogP contribution >= 0.6 is 15.9 Å². The van der Waals surface area contributed by atoms with E-state index in [0.29, 0.717) is 17.9 Å². The van der Waals surface area contributed by atoms with Gasteiger partial charge in [-0.25, -0.2) is 0 Å². The van der Waals surface area contributed by atoms with Gasteiger partial charge < -0.3 is 19.5 Å². The van der Waals surface area contributed by atoms with Gasteiger partial charge in [0.15, 0.2) is 0 Å². The van der Waals surface area contributed by atoms with E-state index in [0.717, 1.165) is 47.7 Å². The molecule has 8 nitrogen and oxygen atoms in total. The average molecular weight is 568 g/mol. The van der Waals surface area contributed by atoms with Gasteiger partial charge in [-0.05, 0) is 29.8 Å². The highest BCUT2D eigenvalue weighted by atomic mass is 79.9. The number of benzene rings is 3. The van der Waals surface area contributed by atoms with E-state index in [9.17, 15) is 15.2 Å². The summed E-state index contributed by atoms with van der Waals surface area (Å²) in [4.78, 5) is 15.4. The van der Waals surface area contributed by atoms with Crippen molar-refractivity contribution in [2.24, 2.45) is 0 Å². The highest BCUT2D eigenvalue weighted by Crippen LogP contribution is 2.29. The molecule has 1 aliphatic rings. The van der Waals surface area contributed by atoms with Crippen LogP contribution in [-0.2, 0) is 0 Å². The van der Waals surface area contributed by atoms with Gasteiger partial charge in [0.25, 0.3) is 5.69 Å². The third-order valence-corrected chi connectivity index (χ3v) is 6.97. The lowest BCUT2D eigenvalue weighted by Gasteiger charge is -2.37. The zero-order valence-electron chi connectivity index (χ0n) is 20.6. The second kappa shape index (κ2) is 12.7. The molecule has 0 aromatic heterocycles. The summed E-state index contributed by atoms with van der Waals surface area (Å²) in [5, 5.41) is 22.0. The number of ether oxygens (including phenoxy) is 2. The molecular formula is C28H30BrN3O5. The summed E-state index contributed by atoms with van der Waals surface area (Å²) in [7, 11) is 1.68. The van der Waals surface area contributed by atoms with Crippen LogP contribution in [0.4, 0.5) is 11.4 Å². The molecule has 1 N–H and O–H groups in total. The third-order valence-electron chi connectivity index (χ3n) is 6.25. The van der Waals surface area contributed by atoms with E-state index in [1.54, 1.807) is 19.3 Å². The molecule has 3 aromatic carbocycles. The number of piperazine rings is 1. The van der Waals surface area contributed by atoms with Crippen LogP contribution in [0.15, 0.2) is 71.2 Å². The Labute approximate surface area is 225 Å². The molecule has 9 heteroatoms. The number of nitro groups is 1. The number of halogens is 1. The topological polar surface area (TPSA) is 88.3 Å². The number of non-ortho nitro benzene ring substituents is 1. The second-order valence-electron chi connectivity index (χ2n) is 8.76. The minimum absolute atomic E-state index is 0.0207. The molecular weight excluding hydrogens is 538 g/mol. The fraction of sp³-hybridized carbons (Fsp3) is 0.286. The Hall–Kier alpha value is -3.40. The fourth-order valence-corrected chi connectivity index (χ4v) is 4.72. The Bertz CT molecular complexity index is 1240. The van der Waals surface area contributed by atoms with Crippen molar-refractivity contribution in [3.63, 3.8) is 0 Å². The van der Waals surface area contributed by atoms with Crippen molar-refractivity contribution >= 4 is 39.5 Å². The SMILES string of the molecule is COc1ccccc1N1CCN(CC(O)COc2ccc([N+](=O)[O-])cc2C=Cc2ccccc2Br)CC1. The lowest BCUT2D eigenvalue weighted by molar-refractivity contribution is -0.384. The van der Waals surface area contributed by atoms with Crippen molar-refractivity contribution in [2.75, 3.05) is 51.3 Å². The van der Waals surface area contributed by atoms with Crippen LogP contribution in [-0.4, -0.2) is 67.5 Å². The van der Waals surface area contributed by atoms with Gasteiger partial charge in [0, 0.05) is 54.9 Å². The maximum atomic E-state index is 11.3. The molecule has 0 saturated carbocycles. The number of rotatable bonds is 10. The zero-order chi connectivity index (χ0) is 26.2. The molecule has 3 aromatic rings. The summed E-state index contributed by atoms with van der Waals surface area (Å²) in [5.74, 6) is 1.34. The van der Waals surface area contributed by atoms with Gasteiger partial charge in [-0.3, -0.25) is 15.0 Å². The van der Waals surface area contributed by atoms with Crippen molar-refractivity contribution < 1.29 is 19.5 Å². The first kappa shape index (κ1) is 26.7. The molecule has 1 heterocycles. The molecule has 1 fully saturated rings. The Morgan fingerprint density at radius 2 is 1.70 bits per heavy atom. The molecule has 0 amide bonds. The lowest BCUT2D eigenvalue weighted by atomic mass is 10.1. The van der Waals surface area contributed by atoms with Crippen LogP contribution in [0.1, 0.15) is 11.1 Å². The van der Waals surface area contributed by atoms with Crippen LogP contribution in [0, 0.1) is 10.1 Å². The molecule has 1 saturated heterocycles. The van der Waals surface area contributed by atoms with Crippen LogP contribution < -0.4 is 14.4 Å². The predicted octanol–water partition coefficient (Wildman–Crippen LogP) is 5.10. The highest BCUT2D eigenvalue weighted by Gasteiger charge is 2.22. The smallest absolute Gasteiger partial charge is 0.270 e. The van der Waals surface area contributed by atoms with Crippen molar-refractivity contribution in [2.45, 2.75) is 6.10 Å². The summed E-state index contributed by atoms with van der Waals surface area (Å²) in [6.45, 7) is 3.86. The number of hydrogen-bond donors (Lipinski definition) is 1. The second-order valence-corrected chi connectivity index (χ2v) is 9.61. The summed E-state index contributed by atoms with van der Waals surface area (Å²) in [6.07, 6.45) is 2.95. The highest BCUT2D eigenvalue weighted by molar-refractivity contribution is 9.10. The molecule has 194 valence electrons. The van der Waals surface area contributed by atoms with E-state index >= 15 is 0 Å². The molecule has 4 rings (SSSR count). The van der Waals surface area contributed by atoms with Crippen molar-refractivity contribution in [1.82, 2.24) is 4.90 Å². The minimum Gasteiger partial charge on any atom is -0.495 e. The maximum Gasteiger partial charge on any atom is 0.270 e. The monoisotopic (exact) mass is 567 g/mol. The minimum atomic E-state index is -0.701. The summed E-state index contributed by atoms with van der Waals surface area (Å²) in [6, 6.07) is 20.2. The van der Waals surface area contributed by atoms with Gasteiger partial charge in [-0.15, -0.1) is 0 Å². The number of aliphatic hydroxyl groups is 1. The number of β-amino-alcohol motifs (C(OH)–C–C–N with tert-alkyl or cyclic N) is 1. The summed E-state index contributed by atoms with van der Waals surface area (Å²) < 4.78 is 12.3. The molecule has 1 atom stereocenters. The average Bonchev–Trinajstić information content (AvgIpc) is 2.92. The van der Waals surface area contributed by atoms with Crippen LogP contribution in [0.5, 0.6) is 11.5 Å². The first-order valence-corrected chi connectivity index (χ1v) is 12.9. The number of para-hydroxylation sites is 2. The summed E-state index contributed by atoms with van der Waals surface area (Å²) in [5.41, 5.74) is 2.57. The normalized spacial score (nSPS) is 15.1. The Morgan fingerprint density at radius 3 is 2.43 bits per heavy atom. The number of methoxy groups -OCH3 is 1. The van der Waals surface area contributed by atoms with Gasteiger partial charge in [0.05, 0.1) is 17.7 Å². The Morgan fingerprint density at radius 1 is 1.00 bits per heavy atom. The van der Waals surface area contributed by atoms with Crippen LogP contribution in [0.3, 0.4) is 0 Å². The molecule has 0 bridgehead atoms. The standard InChI is InChI=1S/C28H30BrN3O5/c1-36-28-9-5-4-8-26(28)31-16-14-30(15-17-31)19-24(33)20-37-27-13-12-23(32(34)35)18-22(27)11-10-21-6-2-3-7-25(21)29/h2-13,18,24,33H,14-17,19-20H2,1H3. The van der Waals surface area contributed by atoms with E-state index in [-0.39, 0.29) is 12.3 Å². The van der Waals surface area contributed by atoms with Gasteiger partial charge in [-0.1, -0.05) is 58.4 Å². The number of hydrogen-bond acceptors (Lipinski definition) is 7. The maximum absolute atomic E-state index is 11.3. The Kier molecular flexibility index (Phi) is 9.16. The zero-order valence-corrected chi connectivity index (χ0v) is 22.2. The molecule has 1 unspecified atom stereocenters. The van der Waals surface area contributed by atoms with E-state index in [2.05, 4.69) is 31.8 Å². The quantitative estimate of drug-likeness (QED) is 0.207.